The molecule has 4 heteroatoms. The lowest BCUT2D eigenvalue weighted by molar-refractivity contribution is -0.191. The van der Waals surface area contributed by atoms with Gasteiger partial charge in [-0.2, -0.15) is 0 Å². The predicted octanol–water partition coefficient (Wildman–Crippen LogP) is 8.56. The summed E-state index contributed by atoms with van der Waals surface area (Å²) in [5, 5.41) is 0. The Morgan fingerprint density at radius 3 is 1.12 bits per heavy atom. The van der Waals surface area contributed by atoms with Gasteiger partial charge in [0, 0.05) is 35.0 Å². The third-order valence-electron chi connectivity index (χ3n) is 13.3. The summed E-state index contributed by atoms with van der Waals surface area (Å²) >= 11 is 0. The zero-order chi connectivity index (χ0) is 27.2. The van der Waals surface area contributed by atoms with E-state index in [0.29, 0.717) is 35.7 Å². The third-order valence-corrected chi connectivity index (χ3v) is 13.3. The first-order valence-electron chi connectivity index (χ1n) is 18.2. The number of carbonyl (C=O) groups excluding carboxylic acids is 2. The average molecular weight is 551 g/mol. The van der Waals surface area contributed by atoms with Gasteiger partial charge in [0.05, 0.1) is 0 Å². The molecule has 0 heterocycles. The van der Waals surface area contributed by atoms with Crippen LogP contribution in [0.3, 0.4) is 0 Å². The van der Waals surface area contributed by atoms with Crippen molar-refractivity contribution in [2.24, 2.45) is 23.7 Å². The molecule has 0 radical (unpaired) electrons. The van der Waals surface area contributed by atoms with E-state index in [4.69, 9.17) is 0 Å². The molecule has 0 aromatic carbocycles. The molecule has 0 unspecified atom stereocenters. The molecule has 8 rings (SSSR count). The second-order valence-electron chi connectivity index (χ2n) is 16.1. The summed E-state index contributed by atoms with van der Waals surface area (Å²) < 4.78 is 0. The Balaban J connectivity index is 1.25. The fourth-order valence-corrected chi connectivity index (χ4v) is 12.1. The van der Waals surface area contributed by atoms with E-state index in [9.17, 15) is 9.59 Å². The molecule has 0 saturated heterocycles. The van der Waals surface area contributed by atoms with E-state index in [1.54, 1.807) is 0 Å². The Labute approximate surface area is 244 Å². The molecule has 8 aliphatic rings. The largest absolute Gasteiger partial charge is 0.334 e. The smallest absolute Gasteiger partial charge is 0.226 e. The van der Waals surface area contributed by atoms with Gasteiger partial charge in [-0.25, -0.2) is 0 Å². The van der Waals surface area contributed by atoms with Crippen LogP contribution in [-0.4, -0.2) is 44.8 Å². The highest BCUT2D eigenvalue weighted by Gasteiger charge is 2.64. The highest BCUT2D eigenvalue weighted by molar-refractivity contribution is 5.81. The van der Waals surface area contributed by atoms with E-state index in [2.05, 4.69) is 9.80 Å². The lowest BCUT2D eigenvalue weighted by Gasteiger charge is -2.69. The summed E-state index contributed by atoms with van der Waals surface area (Å²) in [7, 11) is 0. The minimum Gasteiger partial charge on any atom is -0.334 e. The number of hydrogen-bond acceptors (Lipinski definition) is 2. The Morgan fingerprint density at radius 2 is 0.775 bits per heavy atom. The van der Waals surface area contributed by atoms with Crippen LogP contribution in [-0.2, 0) is 9.59 Å². The molecular weight excluding hydrogens is 492 g/mol. The molecule has 8 fully saturated rings. The minimum atomic E-state index is 0.0143. The van der Waals surface area contributed by atoms with Gasteiger partial charge in [0.2, 0.25) is 11.8 Å². The lowest BCUT2D eigenvalue weighted by atomic mass is 9.48. The van der Waals surface area contributed by atoms with Gasteiger partial charge >= 0.3 is 0 Å². The molecule has 224 valence electrons. The zero-order valence-corrected chi connectivity index (χ0v) is 25.6. The van der Waals surface area contributed by atoms with E-state index in [1.165, 1.54) is 135 Å². The first-order valence-corrected chi connectivity index (χ1v) is 18.2. The van der Waals surface area contributed by atoms with Gasteiger partial charge in [-0.3, -0.25) is 9.59 Å². The van der Waals surface area contributed by atoms with Gasteiger partial charge < -0.3 is 9.80 Å². The van der Waals surface area contributed by atoms with Gasteiger partial charge in [-0.15, -0.1) is 0 Å². The van der Waals surface area contributed by atoms with Crippen LogP contribution in [0.4, 0.5) is 0 Å². The first-order chi connectivity index (χ1) is 19.6. The van der Waals surface area contributed by atoms with Crippen LogP contribution in [0.5, 0.6) is 0 Å². The van der Waals surface area contributed by atoms with Crippen LogP contribution in [0, 0.1) is 23.7 Å². The molecule has 4 nitrogen and oxygen atoms in total. The van der Waals surface area contributed by atoms with Crippen LogP contribution in [0.2, 0.25) is 0 Å². The monoisotopic (exact) mass is 550 g/mol. The van der Waals surface area contributed by atoms with Crippen molar-refractivity contribution >= 4 is 11.8 Å². The molecule has 8 saturated carbocycles. The maximum atomic E-state index is 14.7. The second-order valence-corrected chi connectivity index (χ2v) is 16.1. The summed E-state index contributed by atoms with van der Waals surface area (Å²) in [6.45, 7) is 0. The van der Waals surface area contributed by atoms with Gasteiger partial charge in [0.1, 0.15) is 0 Å². The van der Waals surface area contributed by atoms with E-state index < -0.39 is 0 Å². The lowest BCUT2D eigenvalue weighted by Crippen LogP contribution is -2.74. The van der Waals surface area contributed by atoms with Crippen LogP contribution in [0.25, 0.3) is 0 Å². The molecule has 0 aliphatic heterocycles. The number of amides is 2. The predicted molar refractivity (Wildman–Crippen MR) is 161 cm³/mol. The van der Waals surface area contributed by atoms with E-state index in [-0.39, 0.29) is 22.9 Å². The number of nitrogens with zero attached hydrogens (tertiary/aromatic N) is 2. The topological polar surface area (TPSA) is 40.6 Å². The molecule has 0 spiro atoms. The van der Waals surface area contributed by atoms with E-state index >= 15 is 0 Å². The Morgan fingerprint density at radius 1 is 0.450 bits per heavy atom. The summed E-state index contributed by atoms with van der Waals surface area (Å²) in [6, 6.07) is 0.905. The van der Waals surface area contributed by atoms with Crippen molar-refractivity contribution in [3.05, 3.63) is 0 Å². The summed E-state index contributed by atoms with van der Waals surface area (Å²) in [5.74, 6) is 3.03. The summed E-state index contributed by atoms with van der Waals surface area (Å²) in [5.41, 5.74) is 0.0285. The fraction of sp³-hybridized carbons (Fsp3) is 0.944. The quantitative estimate of drug-likeness (QED) is 0.332. The molecular formula is C36H58N2O2. The van der Waals surface area contributed by atoms with Gasteiger partial charge in [-0.1, -0.05) is 77.0 Å². The summed E-state index contributed by atoms with van der Waals surface area (Å²) in [4.78, 5) is 34.7. The van der Waals surface area contributed by atoms with Crippen LogP contribution in [0.15, 0.2) is 0 Å². The molecule has 0 aromatic rings. The van der Waals surface area contributed by atoms with Gasteiger partial charge in [0.25, 0.3) is 0 Å². The van der Waals surface area contributed by atoms with Gasteiger partial charge in [0.15, 0.2) is 0 Å². The molecule has 0 atom stereocenters. The van der Waals surface area contributed by atoms with E-state index in [0.717, 1.165) is 32.1 Å². The molecule has 8 aliphatic carbocycles. The molecule has 2 amide bonds. The van der Waals surface area contributed by atoms with Crippen molar-refractivity contribution in [3.8, 4) is 0 Å². The Kier molecular flexibility index (Phi) is 8.02. The van der Waals surface area contributed by atoms with Crippen molar-refractivity contribution in [3.63, 3.8) is 0 Å². The molecule has 4 bridgehead atoms. The van der Waals surface area contributed by atoms with Crippen molar-refractivity contribution in [1.29, 1.82) is 0 Å². The van der Waals surface area contributed by atoms with Crippen LogP contribution < -0.4 is 0 Å². The van der Waals surface area contributed by atoms with E-state index in [1.807, 2.05) is 0 Å². The van der Waals surface area contributed by atoms with Crippen LogP contribution in [0.1, 0.15) is 167 Å². The van der Waals surface area contributed by atoms with Gasteiger partial charge in [-0.05, 0) is 102 Å². The maximum absolute atomic E-state index is 14.7. The first kappa shape index (κ1) is 27.8. The number of carbonyl (C=O) groups is 2. The fourth-order valence-electron chi connectivity index (χ4n) is 12.1. The van der Waals surface area contributed by atoms with Crippen molar-refractivity contribution < 1.29 is 9.59 Å². The maximum Gasteiger partial charge on any atom is 0.226 e. The average Bonchev–Trinajstić information content (AvgIpc) is 2.98. The number of rotatable bonds is 6. The SMILES string of the molecule is O=C(C1CCCCC1)N(C1CCCCC1)C12CC3CC(C1)CC(N(C(=O)C1CCCCC1)C1CCCCC1)(C3)C2. The Bertz CT molecular complexity index is 822. The molecule has 0 aromatic heterocycles. The van der Waals surface area contributed by atoms with Crippen molar-refractivity contribution in [2.45, 2.75) is 190 Å². The third kappa shape index (κ3) is 5.08. The van der Waals surface area contributed by atoms with Crippen molar-refractivity contribution in [2.75, 3.05) is 0 Å². The molecule has 40 heavy (non-hydrogen) atoms. The number of hydrogen-bond donors (Lipinski definition) is 0. The second kappa shape index (κ2) is 11.6. The minimum absolute atomic E-state index is 0.0143. The molecule has 0 N–H and O–H groups in total. The Hall–Kier alpha value is -1.06. The normalized spacial score (nSPS) is 37.9. The standard InChI is InChI=1S/C36H58N2O2/c39-33(29-13-5-1-6-14-29)37(31-17-9-3-10-18-31)35-22-27-21-28(23-35)25-36(24-27,26-35)38(32-19-11-4-12-20-32)34(40)30-15-7-2-8-16-30/h27-32H,1-26H2. The van der Waals surface area contributed by atoms with Crippen molar-refractivity contribution in [1.82, 2.24) is 9.80 Å². The summed E-state index contributed by atoms with van der Waals surface area (Å²) in [6.07, 6.45) is 32.2. The highest BCUT2D eigenvalue weighted by Crippen LogP contribution is 2.63. The zero-order valence-electron chi connectivity index (χ0n) is 25.6. The van der Waals surface area contributed by atoms with Crippen LogP contribution >= 0.6 is 0 Å². The highest BCUT2D eigenvalue weighted by atomic mass is 16.2.